The highest BCUT2D eigenvalue weighted by Crippen LogP contribution is 2.28. The van der Waals surface area contributed by atoms with E-state index in [9.17, 15) is 19.2 Å². The molecule has 1 fully saturated rings. The summed E-state index contributed by atoms with van der Waals surface area (Å²) in [5, 5.41) is 11.0. The maximum absolute atomic E-state index is 14.1. The van der Waals surface area contributed by atoms with Gasteiger partial charge in [0.05, 0.1) is 10.0 Å². The molecule has 3 atom stereocenters. The second-order valence-corrected chi connectivity index (χ2v) is 14.1. The second kappa shape index (κ2) is 17.3. The van der Waals surface area contributed by atoms with E-state index in [-0.39, 0.29) is 43.1 Å². The van der Waals surface area contributed by atoms with Crippen LogP contribution in [0.15, 0.2) is 66.7 Å². The smallest absolute Gasteiger partial charge is 0.250 e. The standard InChI is InChI=1S/C37H42Cl3N5O4/c1-44-17-5-4-16-41-28(18-24-8-12-27(38)13-9-24)21-34(46)43-32-15-11-26-6-2-3-7-33(26)45(37(32)49)23-35(47)42-29(22-36(44)48)19-25-10-14-30(39)31(40)20-25/h2-3,6-10,12-14,20,28-29,32,41H,4-5,11,15-19,21-23H2,1H3,(H,42,47)(H,43,46)/t28-,29+,32-/m0/s1. The number of halogens is 3. The van der Waals surface area contributed by atoms with Crippen molar-refractivity contribution >= 4 is 64.1 Å². The average molecular weight is 727 g/mol. The number of nitrogens with one attached hydrogen (secondary N) is 3. The molecule has 3 aromatic carbocycles. The van der Waals surface area contributed by atoms with E-state index < -0.39 is 18.0 Å². The van der Waals surface area contributed by atoms with Crippen LogP contribution in [0.1, 0.15) is 48.8 Å². The molecule has 2 heterocycles. The highest BCUT2D eigenvalue weighted by molar-refractivity contribution is 6.42. The predicted molar refractivity (Wildman–Crippen MR) is 194 cm³/mol. The third kappa shape index (κ3) is 10.4. The summed E-state index contributed by atoms with van der Waals surface area (Å²) in [5.74, 6) is -1.13. The van der Waals surface area contributed by atoms with Crippen molar-refractivity contribution in [1.82, 2.24) is 20.9 Å². The van der Waals surface area contributed by atoms with Crippen LogP contribution >= 0.6 is 34.8 Å². The quantitative estimate of drug-likeness (QED) is 0.335. The normalized spacial score (nSPS) is 21.8. The van der Waals surface area contributed by atoms with Gasteiger partial charge < -0.3 is 25.8 Å². The fraction of sp³-hybridized carbons (Fsp3) is 0.405. The lowest BCUT2D eigenvalue weighted by Crippen LogP contribution is -2.52. The first-order valence-corrected chi connectivity index (χ1v) is 17.8. The van der Waals surface area contributed by atoms with Gasteiger partial charge in [0.1, 0.15) is 12.6 Å². The van der Waals surface area contributed by atoms with Crippen LogP contribution in [0.2, 0.25) is 15.1 Å². The van der Waals surface area contributed by atoms with Crippen LogP contribution in [0, 0.1) is 0 Å². The van der Waals surface area contributed by atoms with Crippen molar-refractivity contribution < 1.29 is 19.2 Å². The van der Waals surface area contributed by atoms with Gasteiger partial charge in [-0.2, -0.15) is 0 Å². The molecule has 3 aromatic rings. The van der Waals surface area contributed by atoms with Crippen molar-refractivity contribution in [2.24, 2.45) is 0 Å². The van der Waals surface area contributed by atoms with Gasteiger partial charge in [-0.05, 0) is 92.1 Å². The summed E-state index contributed by atoms with van der Waals surface area (Å²) < 4.78 is 0. The molecule has 0 radical (unpaired) electrons. The number of nitrogens with zero attached hydrogens (tertiary/aromatic N) is 2. The molecule has 2 bridgehead atoms. The molecule has 5 rings (SSSR count). The largest absolute Gasteiger partial charge is 0.351 e. The summed E-state index contributed by atoms with van der Waals surface area (Å²) in [7, 11) is 1.76. The number of carbonyl (C=O) groups is 4. The summed E-state index contributed by atoms with van der Waals surface area (Å²) >= 11 is 18.5. The predicted octanol–water partition coefficient (Wildman–Crippen LogP) is 5.37. The molecular formula is C37H42Cl3N5O4. The lowest BCUT2D eigenvalue weighted by Gasteiger charge is -2.28. The second-order valence-electron chi connectivity index (χ2n) is 12.8. The van der Waals surface area contributed by atoms with Gasteiger partial charge in [-0.1, -0.05) is 71.2 Å². The zero-order chi connectivity index (χ0) is 34.9. The number of benzene rings is 3. The highest BCUT2D eigenvalue weighted by Gasteiger charge is 2.33. The van der Waals surface area contributed by atoms with Gasteiger partial charge in [-0.25, -0.2) is 0 Å². The van der Waals surface area contributed by atoms with Crippen molar-refractivity contribution in [1.29, 1.82) is 0 Å². The van der Waals surface area contributed by atoms with Gasteiger partial charge in [0, 0.05) is 49.2 Å². The Bertz CT molecular complexity index is 1650. The van der Waals surface area contributed by atoms with Crippen LogP contribution in [0.3, 0.4) is 0 Å². The van der Waals surface area contributed by atoms with Crippen LogP contribution in [0.4, 0.5) is 5.69 Å². The SMILES string of the molecule is CN1CCCCN[C@@H](Cc2ccc(Cl)cc2)CC(=O)N[C@H]2CCc3ccccc3N(CC(=O)N[C@H](Cc3ccc(Cl)c(Cl)c3)CC1=O)C2=O. The minimum atomic E-state index is -0.812. The number of anilines is 1. The van der Waals surface area contributed by atoms with Crippen molar-refractivity contribution in [3.8, 4) is 0 Å². The number of rotatable bonds is 4. The third-order valence-corrected chi connectivity index (χ3v) is 10.0. The van der Waals surface area contributed by atoms with Gasteiger partial charge in [0.2, 0.25) is 23.6 Å². The van der Waals surface area contributed by atoms with E-state index >= 15 is 0 Å². The Hall–Kier alpha value is -3.63. The van der Waals surface area contributed by atoms with E-state index in [2.05, 4.69) is 16.0 Å². The van der Waals surface area contributed by atoms with E-state index in [1.165, 1.54) is 4.90 Å². The number of aryl methyl sites for hydroxylation is 1. The summed E-state index contributed by atoms with van der Waals surface area (Å²) in [5.41, 5.74) is 3.39. The Kier molecular flexibility index (Phi) is 13.0. The number of amides is 4. The number of fused-ring (bicyclic) bond motifs is 4. The summed E-state index contributed by atoms with van der Waals surface area (Å²) in [6, 6.07) is 18.7. The molecule has 2 aliphatic heterocycles. The summed E-state index contributed by atoms with van der Waals surface area (Å²) in [4.78, 5) is 57.9. The molecule has 49 heavy (non-hydrogen) atoms. The van der Waals surface area contributed by atoms with Crippen molar-refractivity contribution in [3.63, 3.8) is 0 Å². The number of hydrogen-bond acceptors (Lipinski definition) is 5. The summed E-state index contributed by atoms with van der Waals surface area (Å²) in [6.45, 7) is 0.914. The topological polar surface area (TPSA) is 111 Å². The molecule has 260 valence electrons. The molecule has 0 spiro atoms. The van der Waals surface area contributed by atoms with Crippen LogP contribution in [0.5, 0.6) is 0 Å². The van der Waals surface area contributed by atoms with Crippen molar-refractivity contribution in [2.75, 3.05) is 31.6 Å². The van der Waals surface area contributed by atoms with E-state index in [1.54, 1.807) is 24.1 Å². The third-order valence-electron chi connectivity index (χ3n) is 9.04. The number of hydrogen-bond donors (Lipinski definition) is 3. The van der Waals surface area contributed by atoms with Gasteiger partial charge in [0.25, 0.3) is 0 Å². The lowest BCUT2D eigenvalue weighted by molar-refractivity contribution is -0.131. The van der Waals surface area contributed by atoms with E-state index in [4.69, 9.17) is 34.8 Å². The Morgan fingerprint density at radius 1 is 0.776 bits per heavy atom. The van der Waals surface area contributed by atoms with E-state index in [1.807, 2.05) is 54.6 Å². The fourth-order valence-corrected chi connectivity index (χ4v) is 6.87. The molecule has 12 heteroatoms. The van der Waals surface area contributed by atoms with Crippen LogP contribution < -0.4 is 20.9 Å². The molecule has 0 aromatic heterocycles. The van der Waals surface area contributed by atoms with Crippen LogP contribution in [0.25, 0.3) is 0 Å². The maximum Gasteiger partial charge on any atom is 0.250 e. The molecule has 2 aliphatic rings. The van der Waals surface area contributed by atoms with Crippen LogP contribution in [-0.4, -0.2) is 73.3 Å². The summed E-state index contributed by atoms with van der Waals surface area (Å²) in [6.07, 6.45) is 3.65. The van der Waals surface area contributed by atoms with Crippen LogP contribution in [-0.2, 0) is 38.4 Å². The zero-order valence-electron chi connectivity index (χ0n) is 27.5. The molecule has 0 aliphatic carbocycles. The maximum atomic E-state index is 14.1. The minimum Gasteiger partial charge on any atom is -0.351 e. The van der Waals surface area contributed by atoms with Crippen molar-refractivity contribution in [3.05, 3.63) is 98.5 Å². The van der Waals surface area contributed by atoms with Gasteiger partial charge in [0.15, 0.2) is 0 Å². The highest BCUT2D eigenvalue weighted by atomic mass is 35.5. The molecule has 1 saturated heterocycles. The molecule has 3 N–H and O–H groups in total. The Balaban J connectivity index is 1.41. The molecular weight excluding hydrogens is 685 g/mol. The first-order valence-electron chi connectivity index (χ1n) is 16.7. The van der Waals surface area contributed by atoms with Crippen molar-refractivity contribution in [2.45, 2.75) is 69.5 Å². The number of para-hydroxylation sites is 1. The molecule has 0 saturated carbocycles. The lowest BCUT2D eigenvalue weighted by atomic mass is 10.0. The Labute approximate surface area is 302 Å². The molecule has 4 amide bonds. The molecule has 9 nitrogen and oxygen atoms in total. The molecule has 0 unspecified atom stereocenters. The fourth-order valence-electron chi connectivity index (χ4n) is 6.43. The first kappa shape index (κ1) is 36.6. The van der Waals surface area contributed by atoms with E-state index in [0.29, 0.717) is 59.5 Å². The first-order chi connectivity index (χ1) is 23.5. The minimum absolute atomic E-state index is 0.0626. The number of carbonyl (C=O) groups excluding carboxylic acids is 4. The Morgan fingerprint density at radius 3 is 2.29 bits per heavy atom. The average Bonchev–Trinajstić information content (AvgIpc) is 3.19. The van der Waals surface area contributed by atoms with Gasteiger partial charge in [-0.3, -0.25) is 19.2 Å². The monoisotopic (exact) mass is 725 g/mol. The van der Waals surface area contributed by atoms with Gasteiger partial charge >= 0.3 is 0 Å². The zero-order valence-corrected chi connectivity index (χ0v) is 29.8. The van der Waals surface area contributed by atoms with Gasteiger partial charge in [-0.15, -0.1) is 0 Å². The Morgan fingerprint density at radius 2 is 1.51 bits per heavy atom. The van der Waals surface area contributed by atoms with E-state index in [0.717, 1.165) is 29.5 Å².